The van der Waals surface area contributed by atoms with E-state index in [2.05, 4.69) is 5.10 Å². The Hall–Kier alpha value is -2.87. The number of rotatable bonds is 6. The normalized spacial score (nSPS) is 11.9. The smallest absolute Gasteiger partial charge is 0.344 e. The molecule has 2 aromatic rings. The number of esters is 1. The molecule has 0 spiro atoms. The van der Waals surface area contributed by atoms with Crippen LogP contribution in [0.3, 0.4) is 0 Å². The number of aryl methyl sites for hydroxylation is 2. The Morgan fingerprint density at radius 2 is 1.82 bits per heavy atom. The van der Waals surface area contributed by atoms with Gasteiger partial charge in [0.2, 0.25) is 0 Å². The number of primary amides is 1. The predicted octanol–water partition coefficient (Wildman–Crippen LogP) is 2.58. The summed E-state index contributed by atoms with van der Waals surface area (Å²) in [4.78, 5) is 35.6. The predicted molar refractivity (Wildman–Crippen MR) is 104 cm³/mol. The number of amides is 3. The van der Waals surface area contributed by atoms with Crippen molar-refractivity contribution in [3.63, 3.8) is 0 Å². The Balaban J connectivity index is 2.22. The molecule has 0 bridgehead atoms. The first-order chi connectivity index (χ1) is 13.1. The van der Waals surface area contributed by atoms with Gasteiger partial charge in [-0.15, -0.1) is 0 Å². The maximum absolute atomic E-state index is 12.6. The fourth-order valence-electron chi connectivity index (χ4n) is 2.62. The lowest BCUT2D eigenvalue weighted by Crippen LogP contribution is -2.45. The number of nitrogens with one attached hydrogen (secondary N) is 1. The minimum Gasteiger partial charge on any atom is -0.448 e. The lowest BCUT2D eigenvalue weighted by Gasteiger charge is -2.19. The molecular weight excluding hydrogens is 384 g/mol. The number of imide groups is 1. The van der Waals surface area contributed by atoms with E-state index in [-0.39, 0.29) is 16.6 Å². The highest BCUT2D eigenvalue weighted by Crippen LogP contribution is 2.23. The van der Waals surface area contributed by atoms with Gasteiger partial charge < -0.3 is 10.5 Å². The summed E-state index contributed by atoms with van der Waals surface area (Å²) in [6.45, 7) is 7.34. The maximum atomic E-state index is 12.6. The number of nitrogens with two attached hydrogens (primary N) is 1. The van der Waals surface area contributed by atoms with Crippen LogP contribution in [0.2, 0.25) is 5.15 Å². The van der Waals surface area contributed by atoms with Crippen LogP contribution in [-0.4, -0.2) is 33.8 Å². The van der Waals surface area contributed by atoms with Crippen LogP contribution < -0.4 is 11.1 Å². The van der Waals surface area contributed by atoms with Crippen LogP contribution in [0.4, 0.5) is 4.79 Å². The molecule has 9 heteroatoms. The third-order valence-electron chi connectivity index (χ3n) is 4.07. The van der Waals surface area contributed by atoms with Crippen molar-refractivity contribution in [2.45, 2.75) is 40.3 Å². The van der Waals surface area contributed by atoms with Crippen LogP contribution in [0.5, 0.6) is 0 Å². The van der Waals surface area contributed by atoms with Gasteiger partial charge in [-0.25, -0.2) is 14.3 Å². The highest BCUT2D eigenvalue weighted by molar-refractivity contribution is 6.32. The van der Waals surface area contributed by atoms with Crippen molar-refractivity contribution in [2.24, 2.45) is 11.7 Å². The minimum atomic E-state index is -1.20. The topological polar surface area (TPSA) is 116 Å². The quantitative estimate of drug-likeness (QED) is 0.715. The molecule has 150 valence electrons. The summed E-state index contributed by atoms with van der Waals surface area (Å²) in [5.74, 6) is -1.97. The minimum absolute atomic E-state index is 0.0753. The van der Waals surface area contributed by atoms with Gasteiger partial charge in [0.15, 0.2) is 6.10 Å². The zero-order valence-corrected chi connectivity index (χ0v) is 16.9. The third kappa shape index (κ3) is 5.10. The average molecular weight is 407 g/mol. The van der Waals surface area contributed by atoms with E-state index in [4.69, 9.17) is 22.1 Å². The molecule has 0 saturated carbocycles. The van der Waals surface area contributed by atoms with E-state index >= 15 is 0 Å². The summed E-state index contributed by atoms with van der Waals surface area (Å²) in [6.07, 6.45) is -1.20. The van der Waals surface area contributed by atoms with Crippen molar-refractivity contribution >= 4 is 29.5 Å². The van der Waals surface area contributed by atoms with Crippen LogP contribution in [0.25, 0.3) is 0 Å². The molecule has 0 radical (unpaired) electrons. The number of ether oxygens (including phenoxy) is 1. The van der Waals surface area contributed by atoms with Gasteiger partial charge in [-0.05, 0) is 25.3 Å². The van der Waals surface area contributed by atoms with Crippen LogP contribution >= 0.6 is 11.6 Å². The standard InChI is InChI=1S/C19H23ClN4O4/c1-10(2)15(17(25)22-19(21)27)28-18(26)14-12(4)23-24(16(14)20)9-13-7-5-11(3)6-8-13/h5-8,10,15H,9H2,1-4H3,(H3,21,22,25,27)/t15-/m0/s1. The van der Waals surface area contributed by atoms with Gasteiger partial charge in [0.1, 0.15) is 10.7 Å². The van der Waals surface area contributed by atoms with E-state index in [1.54, 1.807) is 20.8 Å². The number of benzene rings is 1. The number of carbonyl (C=O) groups excluding carboxylic acids is 3. The second kappa shape index (κ2) is 8.88. The summed E-state index contributed by atoms with van der Waals surface area (Å²) in [7, 11) is 0. The molecule has 0 aliphatic carbocycles. The van der Waals surface area contributed by atoms with Crippen molar-refractivity contribution in [1.82, 2.24) is 15.1 Å². The van der Waals surface area contributed by atoms with E-state index in [1.165, 1.54) is 4.68 Å². The highest BCUT2D eigenvalue weighted by Gasteiger charge is 2.30. The first-order valence-electron chi connectivity index (χ1n) is 8.69. The molecule has 0 saturated heterocycles. The van der Waals surface area contributed by atoms with Gasteiger partial charge in [0.25, 0.3) is 5.91 Å². The van der Waals surface area contributed by atoms with Crippen molar-refractivity contribution in [3.05, 3.63) is 51.8 Å². The van der Waals surface area contributed by atoms with Gasteiger partial charge in [-0.1, -0.05) is 55.3 Å². The largest absolute Gasteiger partial charge is 0.448 e. The maximum Gasteiger partial charge on any atom is 0.344 e. The summed E-state index contributed by atoms with van der Waals surface area (Å²) in [6, 6.07) is 6.82. The van der Waals surface area contributed by atoms with Gasteiger partial charge in [0.05, 0.1) is 12.2 Å². The molecule has 1 heterocycles. The molecule has 8 nitrogen and oxygen atoms in total. The number of carbonyl (C=O) groups is 3. The van der Waals surface area contributed by atoms with E-state index in [9.17, 15) is 14.4 Å². The van der Waals surface area contributed by atoms with Gasteiger partial charge in [-0.3, -0.25) is 10.1 Å². The monoisotopic (exact) mass is 406 g/mol. The summed E-state index contributed by atoms with van der Waals surface area (Å²) >= 11 is 6.36. The number of urea groups is 1. The lowest BCUT2D eigenvalue weighted by atomic mass is 10.1. The van der Waals surface area contributed by atoms with Gasteiger partial charge in [-0.2, -0.15) is 5.10 Å². The van der Waals surface area contributed by atoms with Crippen LogP contribution in [0.1, 0.15) is 41.0 Å². The third-order valence-corrected chi connectivity index (χ3v) is 4.45. The fraction of sp³-hybridized carbons (Fsp3) is 0.368. The van der Waals surface area contributed by atoms with Crippen molar-refractivity contribution in [3.8, 4) is 0 Å². The average Bonchev–Trinajstić information content (AvgIpc) is 2.87. The van der Waals surface area contributed by atoms with Crippen LogP contribution in [0, 0.1) is 19.8 Å². The summed E-state index contributed by atoms with van der Waals surface area (Å²) in [5, 5.41) is 6.34. The van der Waals surface area contributed by atoms with E-state index < -0.39 is 24.0 Å². The van der Waals surface area contributed by atoms with Crippen LogP contribution in [-0.2, 0) is 16.1 Å². The molecule has 0 aliphatic heterocycles. The molecule has 0 fully saturated rings. The Morgan fingerprint density at radius 3 is 2.36 bits per heavy atom. The van der Waals surface area contributed by atoms with Gasteiger partial charge in [0, 0.05) is 0 Å². The zero-order chi connectivity index (χ0) is 21.0. The first kappa shape index (κ1) is 21.4. The number of hydrogen-bond acceptors (Lipinski definition) is 5. The van der Waals surface area contributed by atoms with E-state index in [0.29, 0.717) is 12.2 Å². The Labute approximate surface area is 168 Å². The van der Waals surface area contributed by atoms with Crippen LogP contribution in [0.15, 0.2) is 24.3 Å². The van der Waals surface area contributed by atoms with E-state index in [0.717, 1.165) is 11.1 Å². The number of aromatic nitrogens is 2. The summed E-state index contributed by atoms with van der Waals surface area (Å²) < 4.78 is 6.80. The Kier molecular flexibility index (Phi) is 6.80. The molecule has 28 heavy (non-hydrogen) atoms. The SMILES string of the molecule is Cc1ccc(Cn2nc(C)c(C(=O)O[C@H](C(=O)NC(N)=O)C(C)C)c2Cl)cc1. The molecule has 3 N–H and O–H groups in total. The second-order valence-corrected chi connectivity index (χ2v) is 7.18. The lowest BCUT2D eigenvalue weighted by molar-refractivity contribution is -0.130. The number of halogens is 1. The van der Waals surface area contributed by atoms with Gasteiger partial charge >= 0.3 is 12.0 Å². The molecule has 1 atom stereocenters. The zero-order valence-electron chi connectivity index (χ0n) is 16.2. The highest BCUT2D eigenvalue weighted by atomic mass is 35.5. The molecule has 0 unspecified atom stereocenters. The molecular formula is C19H23ClN4O4. The fourth-order valence-corrected chi connectivity index (χ4v) is 2.93. The molecule has 3 amide bonds. The van der Waals surface area contributed by atoms with E-state index in [1.807, 2.05) is 36.5 Å². The number of hydrogen-bond donors (Lipinski definition) is 2. The second-order valence-electron chi connectivity index (χ2n) is 6.82. The van der Waals surface area contributed by atoms with Crippen molar-refractivity contribution in [1.29, 1.82) is 0 Å². The molecule has 2 rings (SSSR count). The van der Waals surface area contributed by atoms with Crippen molar-refractivity contribution in [2.75, 3.05) is 0 Å². The molecule has 1 aromatic heterocycles. The number of nitrogens with zero attached hydrogens (tertiary/aromatic N) is 2. The van der Waals surface area contributed by atoms with Crippen molar-refractivity contribution < 1.29 is 19.1 Å². The molecule has 1 aromatic carbocycles. The Bertz CT molecular complexity index is 890. The summed E-state index contributed by atoms with van der Waals surface area (Å²) in [5.41, 5.74) is 7.51. The molecule has 0 aliphatic rings. The first-order valence-corrected chi connectivity index (χ1v) is 9.07. The Morgan fingerprint density at radius 1 is 1.21 bits per heavy atom.